The Morgan fingerprint density at radius 2 is 2.29 bits per heavy atom. The van der Waals surface area contributed by atoms with Gasteiger partial charge < -0.3 is 9.73 Å². The number of fused-ring (bicyclic) bond motifs is 1. The molecule has 0 aliphatic rings. The first-order valence-electron chi connectivity index (χ1n) is 5.40. The molecule has 0 saturated heterocycles. The number of nitrogens with zero attached hydrogens (tertiary/aromatic N) is 3. The average molecular weight is 228 g/mol. The normalized spacial score (nSPS) is 10.9. The standard InChI is InChI=1S/C12H12N4O/c1-9-7-15-12(17-9)8-14-11-4-2-3-10-13-5-6-16(10)11/h2-7,14H,8H2,1H3. The molecule has 0 fully saturated rings. The molecule has 0 amide bonds. The topological polar surface area (TPSA) is 55.4 Å². The predicted molar refractivity (Wildman–Crippen MR) is 63.8 cm³/mol. The monoisotopic (exact) mass is 228 g/mol. The fraction of sp³-hybridized carbons (Fsp3) is 0.167. The van der Waals surface area contributed by atoms with E-state index < -0.39 is 0 Å². The lowest BCUT2D eigenvalue weighted by atomic mass is 10.4. The second-order valence-corrected chi connectivity index (χ2v) is 3.78. The largest absolute Gasteiger partial charge is 0.444 e. The summed E-state index contributed by atoms with van der Waals surface area (Å²) in [6.07, 6.45) is 5.41. The lowest BCUT2D eigenvalue weighted by Crippen LogP contribution is -2.03. The first-order chi connectivity index (χ1) is 8.33. The minimum absolute atomic E-state index is 0.561. The van der Waals surface area contributed by atoms with E-state index in [9.17, 15) is 0 Å². The van der Waals surface area contributed by atoms with Gasteiger partial charge in [0, 0.05) is 12.4 Å². The minimum Gasteiger partial charge on any atom is -0.444 e. The molecule has 0 atom stereocenters. The predicted octanol–water partition coefficient (Wildman–Crippen LogP) is 2.24. The van der Waals surface area contributed by atoms with Crippen LogP contribution in [0.5, 0.6) is 0 Å². The summed E-state index contributed by atoms with van der Waals surface area (Å²) in [6, 6.07) is 5.91. The Balaban J connectivity index is 1.83. The number of rotatable bonds is 3. The maximum atomic E-state index is 5.40. The van der Waals surface area contributed by atoms with Gasteiger partial charge in [-0.2, -0.15) is 0 Å². The van der Waals surface area contributed by atoms with Gasteiger partial charge in [-0.3, -0.25) is 4.40 Å². The summed E-state index contributed by atoms with van der Waals surface area (Å²) in [6.45, 7) is 2.44. The second-order valence-electron chi connectivity index (χ2n) is 3.78. The summed E-state index contributed by atoms with van der Waals surface area (Å²) in [5.41, 5.74) is 0.915. The molecule has 1 N–H and O–H groups in total. The van der Waals surface area contributed by atoms with Crippen molar-refractivity contribution in [1.82, 2.24) is 14.4 Å². The van der Waals surface area contributed by atoms with Crippen molar-refractivity contribution in [2.24, 2.45) is 0 Å². The number of anilines is 1. The average Bonchev–Trinajstić information content (AvgIpc) is 2.94. The summed E-state index contributed by atoms with van der Waals surface area (Å²) >= 11 is 0. The second kappa shape index (κ2) is 3.93. The highest BCUT2D eigenvalue weighted by Crippen LogP contribution is 2.12. The molecule has 3 rings (SSSR count). The highest BCUT2D eigenvalue weighted by atomic mass is 16.4. The van der Waals surface area contributed by atoms with Gasteiger partial charge in [-0.25, -0.2) is 9.97 Å². The zero-order chi connectivity index (χ0) is 11.7. The molecule has 86 valence electrons. The maximum Gasteiger partial charge on any atom is 0.213 e. The number of nitrogens with one attached hydrogen (secondary N) is 1. The van der Waals surface area contributed by atoms with Crippen LogP contribution < -0.4 is 5.32 Å². The van der Waals surface area contributed by atoms with Crippen molar-refractivity contribution < 1.29 is 4.42 Å². The Kier molecular flexibility index (Phi) is 2.29. The first kappa shape index (κ1) is 9.89. The van der Waals surface area contributed by atoms with Crippen LogP contribution in [0.2, 0.25) is 0 Å². The highest BCUT2D eigenvalue weighted by Gasteiger charge is 2.03. The summed E-state index contributed by atoms with van der Waals surface area (Å²) in [7, 11) is 0. The van der Waals surface area contributed by atoms with Crippen LogP contribution >= 0.6 is 0 Å². The molecule has 0 spiro atoms. The van der Waals surface area contributed by atoms with Gasteiger partial charge in [0.25, 0.3) is 0 Å². The van der Waals surface area contributed by atoms with E-state index in [-0.39, 0.29) is 0 Å². The molecular weight excluding hydrogens is 216 g/mol. The van der Waals surface area contributed by atoms with E-state index >= 15 is 0 Å². The van der Waals surface area contributed by atoms with Crippen molar-refractivity contribution in [3.05, 3.63) is 48.4 Å². The third-order valence-corrected chi connectivity index (χ3v) is 2.52. The summed E-state index contributed by atoms with van der Waals surface area (Å²) in [5, 5.41) is 3.27. The number of aromatic nitrogens is 3. The molecule has 0 saturated carbocycles. The fourth-order valence-electron chi connectivity index (χ4n) is 1.74. The van der Waals surface area contributed by atoms with Crippen LogP contribution in [0.15, 0.2) is 41.2 Å². The van der Waals surface area contributed by atoms with Gasteiger partial charge in [-0.1, -0.05) is 6.07 Å². The molecular formula is C12H12N4O. The Bertz CT molecular complexity index is 641. The zero-order valence-corrected chi connectivity index (χ0v) is 9.42. The maximum absolute atomic E-state index is 5.40. The lowest BCUT2D eigenvalue weighted by Gasteiger charge is -2.06. The molecule has 3 heterocycles. The van der Waals surface area contributed by atoms with E-state index in [0.717, 1.165) is 17.2 Å². The molecule has 0 aliphatic heterocycles. The van der Waals surface area contributed by atoms with E-state index in [1.54, 1.807) is 12.4 Å². The Labute approximate surface area is 98.1 Å². The lowest BCUT2D eigenvalue weighted by molar-refractivity contribution is 0.478. The zero-order valence-electron chi connectivity index (χ0n) is 9.42. The number of imidazole rings is 1. The van der Waals surface area contributed by atoms with Gasteiger partial charge >= 0.3 is 0 Å². The van der Waals surface area contributed by atoms with Crippen molar-refractivity contribution in [2.75, 3.05) is 5.32 Å². The van der Waals surface area contributed by atoms with Gasteiger partial charge in [-0.15, -0.1) is 0 Å². The van der Waals surface area contributed by atoms with Crippen LogP contribution in [-0.4, -0.2) is 14.4 Å². The van der Waals surface area contributed by atoms with Gasteiger partial charge in [0.2, 0.25) is 5.89 Å². The Morgan fingerprint density at radius 3 is 3.12 bits per heavy atom. The van der Waals surface area contributed by atoms with Crippen molar-refractivity contribution in [3.63, 3.8) is 0 Å². The van der Waals surface area contributed by atoms with Crippen LogP contribution in [0, 0.1) is 6.92 Å². The van der Waals surface area contributed by atoms with Crippen molar-refractivity contribution in [2.45, 2.75) is 13.5 Å². The molecule has 0 unspecified atom stereocenters. The SMILES string of the molecule is Cc1cnc(CNc2cccc3nccn23)o1. The molecule has 17 heavy (non-hydrogen) atoms. The van der Waals surface area contributed by atoms with Gasteiger partial charge in [0.05, 0.1) is 12.7 Å². The third kappa shape index (κ3) is 1.87. The number of hydrogen-bond acceptors (Lipinski definition) is 4. The molecule has 0 radical (unpaired) electrons. The molecule has 3 aromatic rings. The molecule has 0 bridgehead atoms. The third-order valence-electron chi connectivity index (χ3n) is 2.52. The van der Waals surface area contributed by atoms with E-state index in [2.05, 4.69) is 15.3 Å². The Hall–Kier alpha value is -2.30. The minimum atomic E-state index is 0.561. The van der Waals surface area contributed by atoms with Crippen LogP contribution in [-0.2, 0) is 6.54 Å². The molecule has 0 aromatic carbocycles. The van der Waals surface area contributed by atoms with E-state index in [1.165, 1.54) is 0 Å². The summed E-state index contributed by atoms with van der Waals surface area (Å²) < 4.78 is 7.38. The van der Waals surface area contributed by atoms with E-state index in [0.29, 0.717) is 12.4 Å². The highest BCUT2D eigenvalue weighted by molar-refractivity contribution is 5.49. The van der Waals surface area contributed by atoms with Gasteiger partial charge in [0.15, 0.2) is 0 Å². The summed E-state index contributed by atoms with van der Waals surface area (Å²) in [4.78, 5) is 8.37. The van der Waals surface area contributed by atoms with Gasteiger partial charge in [0.1, 0.15) is 17.2 Å². The Morgan fingerprint density at radius 1 is 1.35 bits per heavy atom. The quantitative estimate of drug-likeness (QED) is 0.747. The van der Waals surface area contributed by atoms with Crippen molar-refractivity contribution >= 4 is 11.5 Å². The van der Waals surface area contributed by atoms with Crippen LogP contribution in [0.3, 0.4) is 0 Å². The number of oxazole rings is 1. The molecule has 3 aromatic heterocycles. The van der Waals surface area contributed by atoms with Crippen LogP contribution in [0.4, 0.5) is 5.82 Å². The first-order valence-corrected chi connectivity index (χ1v) is 5.40. The van der Waals surface area contributed by atoms with Crippen LogP contribution in [0.25, 0.3) is 5.65 Å². The van der Waals surface area contributed by atoms with Crippen molar-refractivity contribution in [3.8, 4) is 0 Å². The molecule has 5 heteroatoms. The van der Waals surface area contributed by atoms with Crippen molar-refractivity contribution in [1.29, 1.82) is 0 Å². The number of pyridine rings is 1. The van der Waals surface area contributed by atoms with Crippen LogP contribution in [0.1, 0.15) is 11.7 Å². The number of aryl methyl sites for hydroxylation is 1. The smallest absolute Gasteiger partial charge is 0.213 e. The van der Waals surface area contributed by atoms with Gasteiger partial charge in [-0.05, 0) is 19.1 Å². The fourth-order valence-corrected chi connectivity index (χ4v) is 1.74. The van der Waals surface area contributed by atoms with E-state index in [1.807, 2.05) is 35.7 Å². The van der Waals surface area contributed by atoms with E-state index in [4.69, 9.17) is 4.42 Å². The molecule has 5 nitrogen and oxygen atoms in total. The molecule has 0 aliphatic carbocycles. The summed E-state index contributed by atoms with van der Waals surface area (Å²) in [5.74, 6) is 2.47. The number of hydrogen-bond donors (Lipinski definition) is 1.